The Bertz CT molecular complexity index is 2970. The number of furan rings is 1. The molecule has 10 rings (SSSR count). The van der Waals surface area contributed by atoms with Crippen LogP contribution in [0.25, 0.3) is 66.1 Å². The van der Waals surface area contributed by atoms with Gasteiger partial charge >= 0.3 is 0 Å². The van der Waals surface area contributed by atoms with Gasteiger partial charge < -0.3 is 9.40 Å². The topological polar surface area (TPSA) is 51.8 Å². The SMILES string of the molecule is [2H]C([2H])([2H])c1cnc(-c2[c-]ccc3c2oc2cc4c(ccc5ccccc54)cc23)cc1C1([2H])CCC2(CCCCC2)CC1.[2H]C([2H])([2H])c1cnc(-c2[c-]cccc2)nc1C(C)(C)C.[Ir]. The first-order valence-corrected chi connectivity index (χ1v) is 20.0. The monoisotopic (exact) mass is 933 g/mol. The molecule has 1 radical (unpaired) electrons. The standard InChI is InChI=1S/C37H34NO.C15H17N2.Ir/c1-24-23-38-34(21-31(24)26-14-18-37(19-15-26)16-5-2-6-17-37)30-11-7-10-29-33-20-27-13-12-25-8-3-4-9-28(25)32(27)22-35(33)39-36(29)30;1-11-10-16-14(12-8-6-5-7-9-12)17-13(11)15(2,3)4;/h3-4,7-10,12-13,20-23,26H,2,5-6,14-19H2,1H3;5-8,10H,1-4H3;/q2*-1;/i1D3,26D;1D3;. The maximum atomic E-state index is 9.63. The van der Waals surface area contributed by atoms with E-state index in [1.54, 1.807) is 6.07 Å². The zero-order valence-electron chi connectivity index (χ0n) is 39.8. The van der Waals surface area contributed by atoms with Gasteiger partial charge in [0.25, 0.3) is 0 Å². The van der Waals surface area contributed by atoms with E-state index >= 15 is 0 Å². The van der Waals surface area contributed by atoms with Gasteiger partial charge in [0.2, 0.25) is 0 Å². The summed E-state index contributed by atoms with van der Waals surface area (Å²) in [4.78, 5) is 13.3. The third-order valence-corrected chi connectivity index (χ3v) is 12.1. The van der Waals surface area contributed by atoms with Crippen LogP contribution in [0.5, 0.6) is 0 Å². The molecule has 5 aromatic carbocycles. The van der Waals surface area contributed by atoms with Crippen LogP contribution in [0.3, 0.4) is 0 Å². The van der Waals surface area contributed by atoms with E-state index in [1.807, 2.05) is 57.2 Å². The summed E-state index contributed by atoms with van der Waals surface area (Å²) in [5, 5.41) is 6.65. The Labute approximate surface area is 360 Å². The van der Waals surface area contributed by atoms with Crippen LogP contribution in [-0.4, -0.2) is 15.0 Å². The van der Waals surface area contributed by atoms with Gasteiger partial charge in [0, 0.05) is 58.6 Å². The van der Waals surface area contributed by atoms with Crippen LogP contribution in [0.1, 0.15) is 116 Å². The Morgan fingerprint density at radius 1 is 0.737 bits per heavy atom. The average Bonchev–Trinajstić information content (AvgIpc) is 3.64. The van der Waals surface area contributed by atoms with Crippen molar-refractivity contribution in [3.8, 4) is 22.6 Å². The van der Waals surface area contributed by atoms with Crippen molar-refractivity contribution in [1.82, 2.24) is 15.0 Å². The van der Waals surface area contributed by atoms with Crippen LogP contribution >= 0.6 is 0 Å². The van der Waals surface area contributed by atoms with Crippen LogP contribution in [0.4, 0.5) is 0 Å². The molecule has 5 heteroatoms. The number of nitrogens with zero attached hydrogens (tertiary/aromatic N) is 3. The first-order valence-electron chi connectivity index (χ1n) is 23.5. The average molecular weight is 933 g/mol. The molecular formula is C52H51IrN3O-2. The molecule has 0 bridgehead atoms. The fraction of sp³-hybridized carbons (Fsp3) is 0.327. The second kappa shape index (κ2) is 15.9. The van der Waals surface area contributed by atoms with Crippen molar-refractivity contribution in [1.29, 1.82) is 0 Å². The summed E-state index contributed by atoms with van der Waals surface area (Å²) in [6, 6.07) is 36.5. The van der Waals surface area contributed by atoms with Crippen LogP contribution in [-0.2, 0) is 25.5 Å². The number of fused-ring (bicyclic) bond motifs is 6. The molecule has 0 amide bonds. The number of benzene rings is 5. The first kappa shape index (κ1) is 31.3. The molecule has 0 aliphatic heterocycles. The van der Waals surface area contributed by atoms with Gasteiger partial charge in [-0.15, -0.1) is 54.1 Å². The Hall–Kier alpha value is -4.70. The molecule has 0 unspecified atom stereocenters. The van der Waals surface area contributed by atoms with Crippen molar-refractivity contribution in [2.45, 2.75) is 104 Å². The fourth-order valence-electron chi connectivity index (χ4n) is 9.09. The second-order valence-electron chi connectivity index (χ2n) is 16.8. The zero-order valence-corrected chi connectivity index (χ0v) is 35.2. The minimum atomic E-state index is -2.34. The summed E-state index contributed by atoms with van der Waals surface area (Å²) in [5.41, 5.74) is 5.05. The Morgan fingerprint density at radius 2 is 1.51 bits per heavy atom. The second-order valence-corrected chi connectivity index (χ2v) is 16.8. The summed E-state index contributed by atoms with van der Waals surface area (Å²) in [6.45, 7) is 1.30. The molecule has 2 aliphatic carbocycles. The van der Waals surface area contributed by atoms with Crippen molar-refractivity contribution in [2.75, 3.05) is 0 Å². The van der Waals surface area contributed by atoms with Gasteiger partial charge in [0.15, 0.2) is 0 Å². The summed E-state index contributed by atoms with van der Waals surface area (Å²) in [5.74, 6) is -0.450. The third-order valence-electron chi connectivity index (χ3n) is 12.1. The normalized spacial score (nSPS) is 18.6. The molecule has 57 heavy (non-hydrogen) atoms. The number of aryl methyl sites for hydroxylation is 2. The van der Waals surface area contributed by atoms with Gasteiger partial charge in [0.1, 0.15) is 5.58 Å². The van der Waals surface area contributed by atoms with Crippen LogP contribution < -0.4 is 0 Å². The maximum Gasteiger partial charge on any atom is 0.121 e. The van der Waals surface area contributed by atoms with E-state index < -0.39 is 19.6 Å². The fourth-order valence-corrected chi connectivity index (χ4v) is 9.09. The predicted molar refractivity (Wildman–Crippen MR) is 232 cm³/mol. The minimum absolute atomic E-state index is 0. The number of hydrogen-bond acceptors (Lipinski definition) is 4. The predicted octanol–water partition coefficient (Wildman–Crippen LogP) is 14.2. The molecule has 3 heterocycles. The van der Waals surface area contributed by atoms with Crippen molar-refractivity contribution in [3.63, 3.8) is 0 Å². The molecule has 2 fully saturated rings. The van der Waals surface area contributed by atoms with Gasteiger partial charge in [-0.25, -0.2) is 0 Å². The van der Waals surface area contributed by atoms with E-state index in [-0.39, 0.29) is 36.6 Å². The molecule has 0 N–H and O–H groups in total. The van der Waals surface area contributed by atoms with E-state index in [0.29, 0.717) is 52.2 Å². The van der Waals surface area contributed by atoms with Gasteiger partial charge in [-0.05, 0) is 120 Å². The molecule has 291 valence electrons. The summed E-state index contributed by atoms with van der Waals surface area (Å²) in [7, 11) is 0. The van der Waals surface area contributed by atoms with Gasteiger partial charge in [-0.2, -0.15) is 0 Å². The first-order chi connectivity index (χ1) is 29.9. The van der Waals surface area contributed by atoms with E-state index in [0.717, 1.165) is 45.5 Å². The van der Waals surface area contributed by atoms with E-state index in [2.05, 4.69) is 75.6 Å². The van der Waals surface area contributed by atoms with Gasteiger partial charge in [-0.1, -0.05) is 93.4 Å². The Balaban J connectivity index is 0.000000225. The summed E-state index contributed by atoms with van der Waals surface area (Å²) >= 11 is 0. The molecule has 0 atom stereocenters. The molecule has 8 aromatic rings. The molecule has 4 nitrogen and oxygen atoms in total. The van der Waals surface area contributed by atoms with Crippen molar-refractivity contribution in [3.05, 3.63) is 138 Å². The van der Waals surface area contributed by atoms with Gasteiger partial charge in [0.05, 0.1) is 11.4 Å². The molecule has 0 saturated heterocycles. The largest absolute Gasteiger partial charge is 0.501 e. The number of hydrogen-bond donors (Lipinski definition) is 0. The molecule has 2 saturated carbocycles. The Kier molecular flexibility index (Phi) is 8.74. The maximum absolute atomic E-state index is 9.63. The quantitative estimate of drug-likeness (QED) is 0.131. The van der Waals surface area contributed by atoms with E-state index in [1.165, 1.54) is 55.3 Å². The molecule has 3 aromatic heterocycles. The number of aromatic nitrogens is 3. The van der Waals surface area contributed by atoms with Crippen molar-refractivity contribution in [2.24, 2.45) is 5.41 Å². The summed E-state index contributed by atoms with van der Waals surface area (Å²) < 4.78 is 63.9. The smallest absolute Gasteiger partial charge is 0.121 e. The molecule has 2 aliphatic rings. The van der Waals surface area contributed by atoms with E-state index in [4.69, 9.17) is 12.6 Å². The van der Waals surface area contributed by atoms with Crippen molar-refractivity contribution >= 4 is 43.5 Å². The third kappa shape index (κ3) is 7.69. The number of pyridine rings is 1. The van der Waals surface area contributed by atoms with Crippen molar-refractivity contribution < 1.29 is 34.1 Å². The van der Waals surface area contributed by atoms with Crippen LogP contribution in [0.2, 0.25) is 0 Å². The van der Waals surface area contributed by atoms with Crippen LogP contribution in [0, 0.1) is 31.3 Å². The zero-order chi connectivity index (χ0) is 44.4. The minimum Gasteiger partial charge on any atom is -0.501 e. The van der Waals surface area contributed by atoms with Gasteiger partial charge in [-0.3, -0.25) is 9.97 Å². The molecule has 1 spiro atoms. The summed E-state index contributed by atoms with van der Waals surface area (Å²) in [6.07, 6.45) is 12.6. The number of rotatable bonds is 3. The van der Waals surface area contributed by atoms with Crippen LogP contribution in [0.15, 0.2) is 108 Å². The Morgan fingerprint density at radius 3 is 2.28 bits per heavy atom. The van der Waals surface area contributed by atoms with E-state index in [9.17, 15) is 1.37 Å². The molecular weight excluding hydrogens is 875 g/mol.